The van der Waals surface area contributed by atoms with Crippen LogP contribution in [-0.4, -0.2) is 36.1 Å². The van der Waals surface area contributed by atoms with Crippen LogP contribution in [0.5, 0.6) is 11.5 Å². The molecular formula is C20H22N4O3. The fourth-order valence-electron chi connectivity index (χ4n) is 2.77. The molecule has 3 rings (SSSR count). The van der Waals surface area contributed by atoms with Crippen LogP contribution in [0.2, 0.25) is 0 Å². The Morgan fingerprint density at radius 2 is 1.89 bits per heavy atom. The number of ether oxygens (including phenoxy) is 2. The van der Waals surface area contributed by atoms with Gasteiger partial charge in [0, 0.05) is 24.2 Å². The molecule has 0 aliphatic carbocycles. The lowest BCUT2D eigenvalue weighted by Crippen LogP contribution is -2.30. The lowest BCUT2D eigenvalue weighted by Gasteiger charge is -2.22. The summed E-state index contributed by atoms with van der Waals surface area (Å²) in [5.74, 6) is 1.86. The Morgan fingerprint density at radius 1 is 1.15 bits per heavy atom. The van der Waals surface area contributed by atoms with Gasteiger partial charge in [-0.3, -0.25) is 4.79 Å². The van der Waals surface area contributed by atoms with Crippen molar-refractivity contribution >= 4 is 28.3 Å². The van der Waals surface area contributed by atoms with E-state index in [1.54, 1.807) is 26.2 Å². The topological polar surface area (TPSA) is 90.6 Å². The predicted octanol–water partition coefficient (Wildman–Crippen LogP) is 2.97. The molecule has 27 heavy (non-hydrogen) atoms. The van der Waals surface area contributed by atoms with Gasteiger partial charge in [0.1, 0.15) is 11.6 Å². The molecule has 1 aromatic heterocycles. The fourth-order valence-corrected chi connectivity index (χ4v) is 2.77. The minimum atomic E-state index is -0.776. The highest BCUT2D eigenvalue weighted by Gasteiger charge is 2.17. The number of fused-ring (bicyclic) bond motifs is 1. The second kappa shape index (κ2) is 7.49. The first-order valence-corrected chi connectivity index (χ1v) is 8.52. The third-order valence-electron chi connectivity index (χ3n) is 4.25. The standard InChI is InChI=1S/C20H22N4O3/c1-12(19(21)25)27-18-11-14(9-10-17(18)26-4)24(3)20-15-7-5-6-8-16(15)22-13(2)23-20/h5-12H,1-4H3,(H2,21,25). The van der Waals surface area contributed by atoms with E-state index < -0.39 is 12.0 Å². The maximum Gasteiger partial charge on any atom is 0.258 e. The molecule has 0 spiro atoms. The van der Waals surface area contributed by atoms with E-state index in [0.717, 1.165) is 22.4 Å². The van der Waals surface area contributed by atoms with Crippen LogP contribution in [0, 0.1) is 6.92 Å². The quantitative estimate of drug-likeness (QED) is 0.721. The highest BCUT2D eigenvalue weighted by Crippen LogP contribution is 2.35. The number of benzene rings is 2. The molecule has 0 bridgehead atoms. The number of methoxy groups -OCH3 is 1. The third kappa shape index (κ3) is 3.76. The third-order valence-corrected chi connectivity index (χ3v) is 4.25. The molecule has 0 radical (unpaired) electrons. The van der Waals surface area contributed by atoms with Crippen molar-refractivity contribution in [3.63, 3.8) is 0 Å². The molecule has 1 atom stereocenters. The molecule has 0 aliphatic heterocycles. The summed E-state index contributed by atoms with van der Waals surface area (Å²) in [6.07, 6.45) is -0.776. The summed E-state index contributed by atoms with van der Waals surface area (Å²) in [6.45, 7) is 3.46. The van der Waals surface area contributed by atoms with Crippen molar-refractivity contribution in [2.75, 3.05) is 19.1 Å². The van der Waals surface area contributed by atoms with Crippen molar-refractivity contribution in [2.45, 2.75) is 20.0 Å². The van der Waals surface area contributed by atoms with Crippen LogP contribution in [0.3, 0.4) is 0 Å². The number of hydrogen-bond acceptors (Lipinski definition) is 6. The first-order chi connectivity index (χ1) is 12.9. The largest absolute Gasteiger partial charge is 0.493 e. The van der Waals surface area contributed by atoms with Gasteiger partial charge in [-0.1, -0.05) is 12.1 Å². The summed E-state index contributed by atoms with van der Waals surface area (Å²) in [4.78, 5) is 22.4. The van der Waals surface area contributed by atoms with Crippen LogP contribution in [-0.2, 0) is 4.79 Å². The van der Waals surface area contributed by atoms with Crippen molar-refractivity contribution in [1.82, 2.24) is 9.97 Å². The van der Waals surface area contributed by atoms with Gasteiger partial charge in [0.25, 0.3) is 5.91 Å². The van der Waals surface area contributed by atoms with E-state index in [1.807, 2.05) is 49.2 Å². The number of para-hydroxylation sites is 1. The highest BCUT2D eigenvalue weighted by molar-refractivity contribution is 5.91. The van der Waals surface area contributed by atoms with Gasteiger partial charge in [0.2, 0.25) is 0 Å². The molecule has 0 aliphatic rings. The summed E-state index contributed by atoms with van der Waals surface area (Å²) in [5.41, 5.74) is 7.01. The van der Waals surface area contributed by atoms with Crippen LogP contribution in [0.1, 0.15) is 12.7 Å². The smallest absolute Gasteiger partial charge is 0.258 e. The zero-order valence-corrected chi connectivity index (χ0v) is 15.8. The normalized spacial score (nSPS) is 11.9. The molecule has 2 aromatic carbocycles. The maximum absolute atomic E-state index is 11.4. The summed E-state index contributed by atoms with van der Waals surface area (Å²) in [6, 6.07) is 13.3. The van der Waals surface area contributed by atoms with E-state index in [-0.39, 0.29) is 0 Å². The lowest BCUT2D eigenvalue weighted by atomic mass is 10.2. The monoisotopic (exact) mass is 366 g/mol. The molecule has 0 saturated heterocycles. The van der Waals surface area contributed by atoms with Gasteiger partial charge in [0.05, 0.1) is 12.6 Å². The Kier molecular flexibility index (Phi) is 5.12. The molecule has 7 nitrogen and oxygen atoms in total. The van der Waals surface area contributed by atoms with Gasteiger partial charge in [-0.25, -0.2) is 9.97 Å². The Bertz CT molecular complexity index is 990. The predicted molar refractivity (Wildman–Crippen MR) is 105 cm³/mol. The second-order valence-electron chi connectivity index (χ2n) is 6.17. The molecule has 1 heterocycles. The summed E-state index contributed by atoms with van der Waals surface area (Å²) in [5, 5.41) is 0.939. The number of aryl methyl sites for hydroxylation is 1. The average molecular weight is 366 g/mol. The number of hydrogen-bond donors (Lipinski definition) is 1. The van der Waals surface area contributed by atoms with E-state index in [4.69, 9.17) is 15.2 Å². The molecular weight excluding hydrogens is 344 g/mol. The SMILES string of the molecule is COc1ccc(N(C)c2nc(C)nc3ccccc23)cc1OC(C)C(N)=O. The van der Waals surface area contributed by atoms with Crippen molar-refractivity contribution in [2.24, 2.45) is 5.73 Å². The molecule has 2 N–H and O–H groups in total. The summed E-state index contributed by atoms with van der Waals surface area (Å²) >= 11 is 0. The number of nitrogens with two attached hydrogens (primary N) is 1. The van der Waals surface area contributed by atoms with Gasteiger partial charge in [-0.05, 0) is 38.1 Å². The number of amides is 1. The zero-order chi connectivity index (χ0) is 19.6. The van der Waals surface area contributed by atoms with E-state index in [0.29, 0.717) is 17.3 Å². The Labute approximate surface area is 157 Å². The van der Waals surface area contributed by atoms with E-state index in [9.17, 15) is 4.79 Å². The summed E-state index contributed by atoms with van der Waals surface area (Å²) in [7, 11) is 3.46. The molecule has 3 aromatic rings. The Morgan fingerprint density at radius 3 is 2.59 bits per heavy atom. The van der Waals surface area contributed by atoms with Crippen LogP contribution in [0.25, 0.3) is 10.9 Å². The van der Waals surface area contributed by atoms with Crippen molar-refractivity contribution in [1.29, 1.82) is 0 Å². The maximum atomic E-state index is 11.4. The van der Waals surface area contributed by atoms with Crippen molar-refractivity contribution in [3.05, 3.63) is 48.3 Å². The molecule has 1 amide bonds. The van der Waals surface area contributed by atoms with Crippen LogP contribution >= 0.6 is 0 Å². The fraction of sp³-hybridized carbons (Fsp3) is 0.250. The number of anilines is 2. The van der Waals surface area contributed by atoms with Gasteiger partial charge in [-0.15, -0.1) is 0 Å². The van der Waals surface area contributed by atoms with Gasteiger partial charge >= 0.3 is 0 Å². The van der Waals surface area contributed by atoms with Crippen LogP contribution in [0.4, 0.5) is 11.5 Å². The lowest BCUT2D eigenvalue weighted by molar-refractivity contribution is -0.124. The minimum absolute atomic E-state index is 0.434. The van der Waals surface area contributed by atoms with Gasteiger partial charge in [-0.2, -0.15) is 0 Å². The van der Waals surface area contributed by atoms with Crippen LogP contribution < -0.4 is 20.1 Å². The minimum Gasteiger partial charge on any atom is -0.493 e. The van der Waals surface area contributed by atoms with E-state index in [1.165, 1.54) is 0 Å². The van der Waals surface area contributed by atoms with Crippen molar-refractivity contribution in [3.8, 4) is 11.5 Å². The first-order valence-electron chi connectivity index (χ1n) is 8.52. The summed E-state index contributed by atoms with van der Waals surface area (Å²) < 4.78 is 11.0. The second-order valence-corrected chi connectivity index (χ2v) is 6.17. The number of carbonyl (C=O) groups excluding carboxylic acids is 1. The van der Waals surface area contributed by atoms with Gasteiger partial charge < -0.3 is 20.1 Å². The highest BCUT2D eigenvalue weighted by atomic mass is 16.5. The molecule has 1 unspecified atom stereocenters. The van der Waals surface area contributed by atoms with E-state index in [2.05, 4.69) is 9.97 Å². The number of primary amides is 1. The average Bonchev–Trinajstić information content (AvgIpc) is 2.66. The molecule has 7 heteroatoms. The number of nitrogens with zero attached hydrogens (tertiary/aromatic N) is 3. The zero-order valence-electron chi connectivity index (χ0n) is 15.8. The number of rotatable bonds is 6. The Balaban J connectivity index is 2.05. The van der Waals surface area contributed by atoms with Crippen molar-refractivity contribution < 1.29 is 14.3 Å². The Hall–Kier alpha value is -3.35. The first kappa shape index (κ1) is 18.4. The molecule has 140 valence electrons. The number of aromatic nitrogens is 2. The van der Waals surface area contributed by atoms with Crippen LogP contribution in [0.15, 0.2) is 42.5 Å². The number of carbonyl (C=O) groups is 1. The van der Waals surface area contributed by atoms with E-state index >= 15 is 0 Å². The molecule has 0 fully saturated rings. The van der Waals surface area contributed by atoms with Gasteiger partial charge in [0.15, 0.2) is 17.6 Å². The molecule has 0 saturated carbocycles.